The summed E-state index contributed by atoms with van der Waals surface area (Å²) in [5, 5.41) is 3.47. The van der Waals surface area contributed by atoms with Crippen molar-refractivity contribution in [2.75, 3.05) is 26.7 Å². The molecular formula is C25H29ClN2O4. The van der Waals surface area contributed by atoms with Crippen molar-refractivity contribution in [3.05, 3.63) is 75.1 Å². The van der Waals surface area contributed by atoms with E-state index >= 15 is 0 Å². The molecule has 1 N–H and O–H groups in total. The largest absolute Gasteiger partial charge is 0.497 e. The molecule has 0 bridgehead atoms. The predicted octanol–water partition coefficient (Wildman–Crippen LogP) is 4.41. The van der Waals surface area contributed by atoms with E-state index in [1.165, 1.54) is 6.07 Å². The molecule has 1 atom stereocenters. The molecule has 4 rings (SSSR count). The maximum absolute atomic E-state index is 12.9. The van der Waals surface area contributed by atoms with E-state index in [2.05, 4.69) is 10.2 Å². The van der Waals surface area contributed by atoms with Gasteiger partial charge in [-0.15, -0.1) is 12.4 Å². The van der Waals surface area contributed by atoms with Gasteiger partial charge in [-0.05, 0) is 80.7 Å². The Kier molecular flexibility index (Phi) is 7.59. The molecule has 1 saturated heterocycles. The molecule has 1 aromatic heterocycles. The maximum atomic E-state index is 12.9. The van der Waals surface area contributed by atoms with E-state index in [1.807, 2.05) is 50.2 Å². The van der Waals surface area contributed by atoms with Crippen molar-refractivity contribution in [1.29, 1.82) is 0 Å². The fourth-order valence-corrected chi connectivity index (χ4v) is 4.14. The van der Waals surface area contributed by atoms with E-state index < -0.39 is 0 Å². The van der Waals surface area contributed by atoms with Gasteiger partial charge in [0.05, 0.1) is 18.5 Å². The second-order valence-electron chi connectivity index (χ2n) is 8.15. The van der Waals surface area contributed by atoms with Gasteiger partial charge in [0.15, 0.2) is 11.2 Å². The minimum atomic E-state index is -0.380. The number of carbonyl (C=O) groups is 1. The Morgan fingerprint density at radius 2 is 1.75 bits per heavy atom. The fraction of sp³-hybridized carbons (Fsp3) is 0.360. The Morgan fingerprint density at radius 3 is 2.41 bits per heavy atom. The summed E-state index contributed by atoms with van der Waals surface area (Å²) in [5.41, 5.74) is 3.38. The van der Waals surface area contributed by atoms with E-state index in [-0.39, 0.29) is 35.5 Å². The minimum Gasteiger partial charge on any atom is -0.497 e. The lowest BCUT2D eigenvalue weighted by molar-refractivity contribution is 0.0910. The fourth-order valence-electron chi connectivity index (χ4n) is 4.14. The number of hydrogen-bond acceptors (Lipinski definition) is 5. The highest BCUT2D eigenvalue weighted by atomic mass is 35.5. The Labute approximate surface area is 194 Å². The summed E-state index contributed by atoms with van der Waals surface area (Å²) < 4.78 is 11.1. The molecular weight excluding hydrogens is 428 g/mol. The number of nitrogens with one attached hydrogen (secondary N) is 1. The summed E-state index contributed by atoms with van der Waals surface area (Å²) in [6, 6.07) is 12.9. The van der Waals surface area contributed by atoms with Crippen LogP contribution in [0.4, 0.5) is 0 Å². The van der Waals surface area contributed by atoms with Gasteiger partial charge in [-0.25, -0.2) is 0 Å². The lowest BCUT2D eigenvalue weighted by Crippen LogP contribution is -2.37. The van der Waals surface area contributed by atoms with E-state index in [0.29, 0.717) is 17.5 Å². The summed E-state index contributed by atoms with van der Waals surface area (Å²) in [7, 11) is 1.65. The molecule has 0 radical (unpaired) electrons. The van der Waals surface area contributed by atoms with Crippen molar-refractivity contribution >= 4 is 29.3 Å². The van der Waals surface area contributed by atoms with Gasteiger partial charge in [0.2, 0.25) is 0 Å². The van der Waals surface area contributed by atoms with Crippen LogP contribution in [-0.4, -0.2) is 37.6 Å². The molecule has 3 aromatic rings. The van der Waals surface area contributed by atoms with Crippen LogP contribution in [0.2, 0.25) is 0 Å². The second-order valence-corrected chi connectivity index (χ2v) is 8.15. The van der Waals surface area contributed by atoms with Crippen molar-refractivity contribution in [2.24, 2.45) is 0 Å². The first-order chi connectivity index (χ1) is 15.0. The van der Waals surface area contributed by atoms with E-state index in [4.69, 9.17) is 9.15 Å². The lowest BCUT2D eigenvalue weighted by Gasteiger charge is -2.28. The number of hydrogen-bond donors (Lipinski definition) is 1. The van der Waals surface area contributed by atoms with Gasteiger partial charge in [-0.3, -0.25) is 14.5 Å². The van der Waals surface area contributed by atoms with Crippen LogP contribution < -0.4 is 15.5 Å². The highest BCUT2D eigenvalue weighted by molar-refractivity contribution is 5.93. The quantitative estimate of drug-likeness (QED) is 0.595. The molecule has 0 saturated carbocycles. The van der Waals surface area contributed by atoms with Gasteiger partial charge in [-0.1, -0.05) is 12.1 Å². The molecule has 2 heterocycles. The van der Waals surface area contributed by atoms with Crippen LogP contribution in [0.3, 0.4) is 0 Å². The summed E-state index contributed by atoms with van der Waals surface area (Å²) in [6.07, 6.45) is 2.30. The number of likely N-dealkylation sites (tertiary alicyclic amines) is 1. The number of amides is 1. The zero-order valence-corrected chi connectivity index (χ0v) is 19.5. The lowest BCUT2D eigenvalue weighted by atomic mass is 10.0. The van der Waals surface area contributed by atoms with E-state index in [0.717, 1.165) is 48.4 Å². The number of benzene rings is 2. The van der Waals surface area contributed by atoms with Gasteiger partial charge in [0.1, 0.15) is 11.3 Å². The van der Waals surface area contributed by atoms with Crippen LogP contribution in [0.25, 0.3) is 11.0 Å². The van der Waals surface area contributed by atoms with Gasteiger partial charge < -0.3 is 14.5 Å². The summed E-state index contributed by atoms with van der Waals surface area (Å²) in [5.74, 6) is 0.460. The number of nitrogens with zero attached hydrogens (tertiary/aromatic N) is 1. The maximum Gasteiger partial charge on any atom is 0.287 e. The van der Waals surface area contributed by atoms with Crippen molar-refractivity contribution in [3.63, 3.8) is 0 Å². The Balaban J connectivity index is 0.00000289. The highest BCUT2D eigenvalue weighted by Crippen LogP contribution is 2.26. The van der Waals surface area contributed by atoms with E-state index in [1.54, 1.807) is 7.11 Å². The summed E-state index contributed by atoms with van der Waals surface area (Å²) in [6.45, 7) is 6.33. The number of aryl methyl sites for hydroxylation is 2. The Bertz CT molecular complexity index is 1150. The van der Waals surface area contributed by atoms with Crippen LogP contribution in [0.1, 0.15) is 46.1 Å². The smallest absolute Gasteiger partial charge is 0.287 e. The van der Waals surface area contributed by atoms with Crippen molar-refractivity contribution < 1.29 is 13.9 Å². The molecule has 0 spiro atoms. The van der Waals surface area contributed by atoms with Gasteiger partial charge in [0.25, 0.3) is 5.91 Å². The normalized spacial score (nSPS) is 14.7. The molecule has 1 aliphatic rings. The average Bonchev–Trinajstić information content (AvgIpc) is 3.30. The number of rotatable bonds is 6. The zero-order valence-electron chi connectivity index (χ0n) is 18.6. The summed E-state index contributed by atoms with van der Waals surface area (Å²) in [4.78, 5) is 27.8. The molecule has 1 fully saturated rings. The van der Waals surface area contributed by atoms with Crippen LogP contribution in [-0.2, 0) is 0 Å². The molecule has 1 aliphatic heterocycles. The number of ether oxygens (including phenoxy) is 1. The van der Waals surface area contributed by atoms with Gasteiger partial charge in [-0.2, -0.15) is 0 Å². The van der Waals surface area contributed by atoms with Crippen LogP contribution in [0, 0.1) is 13.8 Å². The zero-order chi connectivity index (χ0) is 22.0. The van der Waals surface area contributed by atoms with Crippen molar-refractivity contribution in [2.45, 2.75) is 32.7 Å². The van der Waals surface area contributed by atoms with Crippen molar-refractivity contribution in [1.82, 2.24) is 10.2 Å². The number of fused-ring (bicyclic) bond motifs is 1. The second kappa shape index (κ2) is 10.2. The van der Waals surface area contributed by atoms with Crippen LogP contribution >= 0.6 is 12.4 Å². The summed E-state index contributed by atoms with van der Waals surface area (Å²) >= 11 is 0. The third-order valence-electron chi connectivity index (χ3n) is 6.11. The van der Waals surface area contributed by atoms with Gasteiger partial charge >= 0.3 is 0 Å². The predicted molar refractivity (Wildman–Crippen MR) is 128 cm³/mol. The first kappa shape index (κ1) is 23.8. The third kappa shape index (κ3) is 4.97. The van der Waals surface area contributed by atoms with Crippen LogP contribution in [0.15, 0.2) is 51.7 Å². The molecule has 0 aliphatic carbocycles. The molecule has 32 heavy (non-hydrogen) atoms. The monoisotopic (exact) mass is 456 g/mol. The topological polar surface area (TPSA) is 71.8 Å². The van der Waals surface area contributed by atoms with Crippen LogP contribution in [0.5, 0.6) is 5.75 Å². The first-order valence-electron chi connectivity index (χ1n) is 10.7. The van der Waals surface area contributed by atoms with E-state index in [9.17, 15) is 9.59 Å². The molecule has 2 aromatic carbocycles. The standard InChI is InChI=1S/C25H28N2O4.ClH/c1-16-12-20-22(28)14-24(31-23(20)13-17(16)2)25(29)26-15-21(27-10-4-5-11-27)18-6-8-19(30-3)9-7-18;/h6-9,12-14,21H,4-5,10-11,15H2,1-3H3,(H,26,29);1H. The minimum absolute atomic E-state index is 0. The van der Waals surface area contributed by atoms with Crippen molar-refractivity contribution in [3.8, 4) is 5.75 Å². The molecule has 1 amide bonds. The SMILES string of the molecule is COc1ccc(C(CNC(=O)c2cc(=O)c3cc(C)c(C)cc3o2)N2CCCC2)cc1.Cl. The molecule has 1 unspecified atom stereocenters. The Hall–Kier alpha value is -2.83. The number of halogens is 1. The number of carbonyl (C=O) groups excluding carboxylic acids is 1. The average molecular weight is 457 g/mol. The molecule has 170 valence electrons. The molecule has 7 heteroatoms. The first-order valence-corrected chi connectivity index (χ1v) is 10.7. The number of methoxy groups -OCH3 is 1. The Morgan fingerprint density at radius 1 is 1.09 bits per heavy atom. The molecule has 6 nitrogen and oxygen atoms in total. The highest BCUT2D eigenvalue weighted by Gasteiger charge is 2.25. The van der Waals surface area contributed by atoms with Gasteiger partial charge in [0, 0.05) is 12.6 Å². The third-order valence-corrected chi connectivity index (χ3v) is 6.11.